The minimum Gasteiger partial charge on any atom is -0.495 e. The van der Waals surface area contributed by atoms with E-state index in [-0.39, 0.29) is 5.91 Å². The molecule has 9 nitrogen and oxygen atoms in total. The molecule has 1 aromatic carbocycles. The fraction of sp³-hybridized carbons (Fsp3) is 0.636. The molecule has 1 unspecified atom stereocenters. The van der Waals surface area contributed by atoms with Gasteiger partial charge in [-0.05, 0) is 39.3 Å². The average Bonchev–Trinajstić information content (AvgIpc) is 2.68. The Morgan fingerprint density at radius 2 is 1.77 bits per heavy atom. The number of nitrogens with one attached hydrogen (secondary N) is 2. The fourth-order valence-electron chi connectivity index (χ4n) is 3.32. The van der Waals surface area contributed by atoms with Crippen LogP contribution in [0.2, 0.25) is 0 Å². The smallest absolute Gasteiger partial charge is 0.407 e. The Balaban J connectivity index is 1.63. The molecule has 0 bridgehead atoms. The number of alkyl carbamates (subject to hydrolysis) is 1. The second-order valence-electron chi connectivity index (χ2n) is 8.70. The van der Waals surface area contributed by atoms with E-state index in [0.29, 0.717) is 37.5 Å². The van der Waals surface area contributed by atoms with Crippen molar-refractivity contribution in [2.45, 2.75) is 38.9 Å². The van der Waals surface area contributed by atoms with Crippen LogP contribution in [0.5, 0.6) is 5.75 Å². The summed E-state index contributed by atoms with van der Waals surface area (Å²) in [6, 6.07) is 7.33. The van der Waals surface area contributed by atoms with Crippen molar-refractivity contribution < 1.29 is 24.2 Å². The molecule has 1 aromatic rings. The van der Waals surface area contributed by atoms with Crippen LogP contribution in [0, 0.1) is 0 Å². The number of β-amino-alcohol motifs (C(OH)–C–C–N with tert-alkyl or cyclic N) is 1. The molecule has 0 aliphatic carbocycles. The van der Waals surface area contributed by atoms with Gasteiger partial charge in [0.25, 0.3) is 0 Å². The topological polar surface area (TPSA) is 103 Å². The van der Waals surface area contributed by atoms with Crippen LogP contribution in [-0.2, 0) is 9.53 Å². The molecule has 174 valence electrons. The molecule has 31 heavy (non-hydrogen) atoms. The zero-order valence-corrected chi connectivity index (χ0v) is 19.0. The summed E-state index contributed by atoms with van der Waals surface area (Å²) in [5.74, 6) is 0.557. The molecule has 1 saturated heterocycles. The second-order valence-corrected chi connectivity index (χ2v) is 8.70. The minimum atomic E-state index is -0.535. The summed E-state index contributed by atoms with van der Waals surface area (Å²) in [6.45, 7) is 9.70. The van der Waals surface area contributed by atoms with Crippen molar-refractivity contribution in [2.24, 2.45) is 0 Å². The standard InChI is InChI=1S/C22H36N4O5/c1-22(2,3)31-21(29)23-10-9-17(27)15-25-11-13-26(14-12-25)16-20(28)24-18-7-5-6-8-19(18)30-4/h5-8,17,27H,9-16H2,1-4H3,(H,23,29)(H,24,28). The van der Waals surface area contributed by atoms with Crippen LogP contribution in [0.25, 0.3) is 0 Å². The molecule has 3 N–H and O–H groups in total. The third-order valence-corrected chi connectivity index (χ3v) is 4.83. The molecule has 1 atom stereocenters. The molecular formula is C22H36N4O5. The predicted molar refractivity (Wildman–Crippen MR) is 119 cm³/mol. The largest absolute Gasteiger partial charge is 0.495 e. The number of benzene rings is 1. The van der Waals surface area contributed by atoms with Crippen molar-refractivity contribution in [1.29, 1.82) is 0 Å². The minimum absolute atomic E-state index is 0.0776. The molecule has 0 aromatic heterocycles. The number of methoxy groups -OCH3 is 1. The normalized spacial score (nSPS) is 16.4. The van der Waals surface area contributed by atoms with Crippen LogP contribution in [0.1, 0.15) is 27.2 Å². The Labute approximate surface area is 184 Å². The van der Waals surface area contributed by atoms with E-state index in [1.165, 1.54) is 0 Å². The number of nitrogens with zero attached hydrogens (tertiary/aromatic N) is 2. The van der Waals surface area contributed by atoms with E-state index in [1.54, 1.807) is 7.11 Å². The maximum atomic E-state index is 12.4. The van der Waals surface area contributed by atoms with Gasteiger partial charge in [-0.1, -0.05) is 12.1 Å². The van der Waals surface area contributed by atoms with Gasteiger partial charge in [0, 0.05) is 39.3 Å². The van der Waals surface area contributed by atoms with Crippen LogP contribution < -0.4 is 15.4 Å². The summed E-state index contributed by atoms with van der Waals surface area (Å²) in [4.78, 5) is 28.3. The van der Waals surface area contributed by atoms with E-state index in [0.717, 1.165) is 26.2 Å². The summed E-state index contributed by atoms with van der Waals surface area (Å²) in [7, 11) is 1.58. The zero-order valence-electron chi connectivity index (χ0n) is 19.0. The summed E-state index contributed by atoms with van der Waals surface area (Å²) in [5.41, 5.74) is 0.128. The Morgan fingerprint density at radius 1 is 1.13 bits per heavy atom. The second kappa shape index (κ2) is 11.9. The summed E-state index contributed by atoms with van der Waals surface area (Å²) < 4.78 is 10.4. The van der Waals surface area contributed by atoms with Crippen molar-refractivity contribution in [3.63, 3.8) is 0 Å². The van der Waals surface area contributed by atoms with E-state index in [4.69, 9.17) is 9.47 Å². The number of aliphatic hydroxyl groups excluding tert-OH is 1. The van der Waals surface area contributed by atoms with Crippen molar-refractivity contribution in [2.75, 3.05) is 58.2 Å². The number of ether oxygens (including phenoxy) is 2. The van der Waals surface area contributed by atoms with Crippen LogP contribution >= 0.6 is 0 Å². The van der Waals surface area contributed by atoms with Crippen molar-refractivity contribution in [3.8, 4) is 5.75 Å². The first-order valence-corrected chi connectivity index (χ1v) is 10.7. The number of para-hydroxylation sites is 2. The third kappa shape index (κ3) is 9.54. The lowest BCUT2D eigenvalue weighted by atomic mass is 10.2. The number of hydrogen-bond donors (Lipinski definition) is 3. The zero-order chi connectivity index (χ0) is 22.9. The number of carbonyl (C=O) groups excluding carboxylic acids is 2. The van der Waals surface area contributed by atoms with Crippen molar-refractivity contribution >= 4 is 17.7 Å². The molecule has 0 radical (unpaired) electrons. The summed E-state index contributed by atoms with van der Waals surface area (Å²) in [5, 5.41) is 15.8. The molecule has 2 rings (SSSR count). The van der Waals surface area contributed by atoms with Gasteiger partial charge >= 0.3 is 6.09 Å². The Hall–Kier alpha value is -2.36. The lowest BCUT2D eigenvalue weighted by molar-refractivity contribution is -0.117. The number of piperazine rings is 1. The highest BCUT2D eigenvalue weighted by molar-refractivity contribution is 5.93. The monoisotopic (exact) mass is 436 g/mol. The van der Waals surface area contributed by atoms with Crippen LogP contribution in [0.3, 0.4) is 0 Å². The molecule has 1 fully saturated rings. The number of carbonyl (C=O) groups is 2. The van der Waals surface area contributed by atoms with Gasteiger partial charge < -0.3 is 25.2 Å². The van der Waals surface area contributed by atoms with Crippen molar-refractivity contribution in [3.05, 3.63) is 24.3 Å². The maximum Gasteiger partial charge on any atom is 0.407 e. The van der Waals surface area contributed by atoms with Gasteiger partial charge in [0.1, 0.15) is 11.4 Å². The van der Waals surface area contributed by atoms with Crippen LogP contribution in [-0.4, -0.2) is 91.5 Å². The lowest BCUT2D eigenvalue weighted by Crippen LogP contribution is -2.50. The first-order valence-electron chi connectivity index (χ1n) is 10.7. The van der Waals surface area contributed by atoms with E-state index in [1.807, 2.05) is 45.0 Å². The van der Waals surface area contributed by atoms with E-state index < -0.39 is 17.8 Å². The van der Waals surface area contributed by atoms with E-state index in [2.05, 4.69) is 20.4 Å². The van der Waals surface area contributed by atoms with Crippen molar-refractivity contribution in [1.82, 2.24) is 15.1 Å². The molecular weight excluding hydrogens is 400 g/mol. The van der Waals surface area contributed by atoms with Gasteiger partial charge in [-0.15, -0.1) is 0 Å². The Bertz CT molecular complexity index is 714. The summed E-state index contributed by atoms with van der Waals surface area (Å²) in [6.07, 6.45) is -0.545. The lowest BCUT2D eigenvalue weighted by Gasteiger charge is -2.35. The van der Waals surface area contributed by atoms with E-state index >= 15 is 0 Å². The van der Waals surface area contributed by atoms with Gasteiger partial charge in [0.05, 0.1) is 25.4 Å². The fourth-order valence-corrected chi connectivity index (χ4v) is 3.32. The highest BCUT2D eigenvalue weighted by Gasteiger charge is 2.21. The van der Waals surface area contributed by atoms with Crippen LogP contribution in [0.4, 0.5) is 10.5 Å². The number of hydrogen-bond acceptors (Lipinski definition) is 7. The summed E-state index contributed by atoms with van der Waals surface area (Å²) >= 11 is 0. The molecule has 1 heterocycles. The molecule has 1 aliphatic heterocycles. The molecule has 0 saturated carbocycles. The molecule has 2 amide bonds. The first-order chi connectivity index (χ1) is 14.7. The Morgan fingerprint density at radius 3 is 2.42 bits per heavy atom. The van der Waals surface area contributed by atoms with Gasteiger partial charge in [-0.25, -0.2) is 4.79 Å². The molecule has 1 aliphatic rings. The number of rotatable bonds is 9. The average molecular weight is 437 g/mol. The predicted octanol–water partition coefficient (Wildman–Crippen LogP) is 1.53. The molecule has 9 heteroatoms. The van der Waals surface area contributed by atoms with Gasteiger partial charge in [-0.3, -0.25) is 14.6 Å². The van der Waals surface area contributed by atoms with Crippen LogP contribution in [0.15, 0.2) is 24.3 Å². The van der Waals surface area contributed by atoms with E-state index in [9.17, 15) is 14.7 Å². The highest BCUT2D eigenvalue weighted by Crippen LogP contribution is 2.22. The first kappa shape index (κ1) is 24.9. The SMILES string of the molecule is COc1ccccc1NC(=O)CN1CCN(CC(O)CCNC(=O)OC(C)(C)C)CC1. The molecule has 0 spiro atoms. The quantitative estimate of drug-likeness (QED) is 0.539. The Kier molecular flexibility index (Phi) is 9.54. The number of anilines is 1. The van der Waals surface area contributed by atoms with Gasteiger partial charge in [0.2, 0.25) is 5.91 Å². The highest BCUT2D eigenvalue weighted by atomic mass is 16.6. The number of aliphatic hydroxyl groups is 1. The number of amides is 2. The third-order valence-electron chi connectivity index (χ3n) is 4.83. The van der Waals surface area contributed by atoms with Gasteiger partial charge in [-0.2, -0.15) is 0 Å². The maximum absolute atomic E-state index is 12.4. The van der Waals surface area contributed by atoms with Gasteiger partial charge in [0.15, 0.2) is 0 Å².